The Morgan fingerprint density at radius 2 is 1.97 bits per heavy atom. The largest absolute Gasteiger partial charge is 0.346 e. The number of fused-ring (bicyclic) bond motifs is 1. The number of hydrogen-bond acceptors (Lipinski definition) is 4. The summed E-state index contributed by atoms with van der Waals surface area (Å²) >= 11 is 0. The predicted octanol–water partition coefficient (Wildman–Crippen LogP) is 3.01. The first kappa shape index (κ1) is 18.2. The Hall–Kier alpha value is -3.81. The molecule has 8 heteroatoms. The lowest BCUT2D eigenvalue weighted by Gasteiger charge is -2.09. The Bertz CT molecular complexity index is 1200. The van der Waals surface area contributed by atoms with Crippen LogP contribution in [0.3, 0.4) is 0 Å². The minimum atomic E-state index is -0.301. The summed E-state index contributed by atoms with van der Waals surface area (Å²) < 4.78 is 16.7. The van der Waals surface area contributed by atoms with Crippen LogP contribution < -0.4 is 5.32 Å². The van der Waals surface area contributed by atoms with E-state index in [1.54, 1.807) is 33.9 Å². The van der Waals surface area contributed by atoms with Gasteiger partial charge >= 0.3 is 0 Å². The first-order chi connectivity index (χ1) is 14.7. The molecule has 0 unspecified atom stereocenters. The fourth-order valence-corrected chi connectivity index (χ4v) is 3.84. The molecule has 0 radical (unpaired) electrons. The van der Waals surface area contributed by atoms with E-state index in [2.05, 4.69) is 20.5 Å². The molecule has 3 heterocycles. The van der Waals surface area contributed by atoms with Crippen LogP contribution in [0.1, 0.15) is 33.7 Å². The molecule has 0 fully saturated rings. The molecule has 0 bridgehead atoms. The quantitative estimate of drug-likeness (QED) is 0.557. The Morgan fingerprint density at radius 3 is 2.77 bits per heavy atom. The molecule has 4 aromatic rings. The SMILES string of the molecule is O=C(NCc1cccnc1-n1cccn1)c1nn(-c2ccc(F)cc2)c2c1CCC2. The van der Waals surface area contributed by atoms with E-state index >= 15 is 0 Å². The summed E-state index contributed by atoms with van der Waals surface area (Å²) in [6.07, 6.45) is 7.82. The van der Waals surface area contributed by atoms with E-state index in [0.717, 1.165) is 41.8 Å². The van der Waals surface area contributed by atoms with E-state index < -0.39 is 0 Å². The van der Waals surface area contributed by atoms with Gasteiger partial charge < -0.3 is 5.32 Å². The van der Waals surface area contributed by atoms with Gasteiger partial charge in [0.15, 0.2) is 11.5 Å². The number of amides is 1. The maximum Gasteiger partial charge on any atom is 0.272 e. The second-order valence-corrected chi connectivity index (χ2v) is 7.14. The van der Waals surface area contributed by atoms with Crippen LogP contribution in [0, 0.1) is 5.82 Å². The summed E-state index contributed by atoms with van der Waals surface area (Å²) in [4.78, 5) is 17.4. The third kappa shape index (κ3) is 3.26. The Kier molecular flexibility index (Phi) is 4.59. The maximum absolute atomic E-state index is 13.3. The first-order valence-corrected chi connectivity index (χ1v) is 9.79. The monoisotopic (exact) mass is 402 g/mol. The zero-order valence-electron chi connectivity index (χ0n) is 16.1. The summed E-state index contributed by atoms with van der Waals surface area (Å²) in [7, 11) is 0. The number of pyridine rings is 1. The molecule has 7 nitrogen and oxygen atoms in total. The topological polar surface area (TPSA) is 77.6 Å². The summed E-state index contributed by atoms with van der Waals surface area (Å²) in [5.41, 5.74) is 4.02. The van der Waals surface area contributed by atoms with Gasteiger partial charge in [0, 0.05) is 42.0 Å². The van der Waals surface area contributed by atoms with Gasteiger partial charge in [-0.25, -0.2) is 18.7 Å². The molecule has 0 saturated heterocycles. The van der Waals surface area contributed by atoms with Gasteiger partial charge in [-0.2, -0.15) is 10.2 Å². The molecule has 150 valence electrons. The number of benzene rings is 1. The van der Waals surface area contributed by atoms with Crippen molar-refractivity contribution in [3.05, 3.63) is 89.4 Å². The number of halogens is 1. The average Bonchev–Trinajstić information content (AvgIpc) is 3.51. The summed E-state index contributed by atoms with van der Waals surface area (Å²) in [6, 6.07) is 11.7. The fraction of sp³-hybridized carbons (Fsp3) is 0.182. The van der Waals surface area contributed by atoms with Gasteiger partial charge in [-0.15, -0.1) is 0 Å². The molecule has 1 aliphatic rings. The van der Waals surface area contributed by atoms with Crippen LogP contribution in [0.2, 0.25) is 0 Å². The number of nitrogens with zero attached hydrogens (tertiary/aromatic N) is 5. The molecule has 3 aromatic heterocycles. The molecular weight excluding hydrogens is 383 g/mol. The molecule has 0 atom stereocenters. The molecule has 0 spiro atoms. The minimum Gasteiger partial charge on any atom is -0.346 e. The standard InChI is InChI=1S/C22H19FN6O/c23-16-7-9-17(10-8-16)29-19-6-1-5-18(19)20(27-29)22(30)25-14-15-4-2-11-24-21(15)28-13-3-12-26-28/h2-4,7-13H,1,5-6,14H2,(H,25,30). The van der Waals surface area contributed by atoms with Crippen molar-refractivity contribution in [3.8, 4) is 11.5 Å². The highest BCUT2D eigenvalue weighted by Crippen LogP contribution is 2.28. The van der Waals surface area contributed by atoms with Crippen molar-refractivity contribution in [2.24, 2.45) is 0 Å². The van der Waals surface area contributed by atoms with Gasteiger partial charge in [0.2, 0.25) is 0 Å². The third-order valence-corrected chi connectivity index (χ3v) is 5.24. The van der Waals surface area contributed by atoms with Gasteiger partial charge in [-0.05, 0) is 55.7 Å². The zero-order valence-corrected chi connectivity index (χ0v) is 16.1. The van der Waals surface area contributed by atoms with E-state index in [1.165, 1.54) is 12.1 Å². The van der Waals surface area contributed by atoms with Crippen molar-refractivity contribution in [3.63, 3.8) is 0 Å². The molecule has 1 aliphatic carbocycles. The van der Waals surface area contributed by atoms with Gasteiger partial charge in [0.25, 0.3) is 5.91 Å². The van der Waals surface area contributed by atoms with Crippen molar-refractivity contribution < 1.29 is 9.18 Å². The van der Waals surface area contributed by atoms with Crippen molar-refractivity contribution >= 4 is 5.91 Å². The van der Waals surface area contributed by atoms with Crippen LogP contribution in [-0.4, -0.2) is 30.5 Å². The molecule has 0 aliphatic heterocycles. The lowest BCUT2D eigenvalue weighted by atomic mass is 10.2. The van der Waals surface area contributed by atoms with Crippen molar-refractivity contribution in [2.75, 3.05) is 0 Å². The van der Waals surface area contributed by atoms with Crippen LogP contribution in [0.15, 0.2) is 61.1 Å². The Morgan fingerprint density at radius 1 is 1.10 bits per heavy atom. The van der Waals surface area contributed by atoms with Gasteiger partial charge in [0.05, 0.1) is 5.69 Å². The predicted molar refractivity (Wildman–Crippen MR) is 108 cm³/mol. The highest BCUT2D eigenvalue weighted by molar-refractivity contribution is 5.94. The molecule has 0 saturated carbocycles. The summed E-state index contributed by atoms with van der Waals surface area (Å²) in [5, 5.41) is 11.8. The average molecular weight is 402 g/mol. The second-order valence-electron chi connectivity index (χ2n) is 7.14. The van der Waals surface area contributed by atoms with E-state index in [0.29, 0.717) is 18.1 Å². The third-order valence-electron chi connectivity index (χ3n) is 5.24. The summed E-state index contributed by atoms with van der Waals surface area (Å²) in [5.74, 6) is 0.138. The van der Waals surface area contributed by atoms with Crippen LogP contribution in [0.4, 0.5) is 4.39 Å². The first-order valence-electron chi connectivity index (χ1n) is 9.79. The number of rotatable bonds is 5. The number of aromatic nitrogens is 5. The Labute approximate surface area is 172 Å². The zero-order chi connectivity index (χ0) is 20.5. The van der Waals surface area contributed by atoms with Crippen molar-refractivity contribution in [1.29, 1.82) is 0 Å². The van der Waals surface area contributed by atoms with E-state index in [9.17, 15) is 9.18 Å². The fourth-order valence-electron chi connectivity index (χ4n) is 3.84. The highest BCUT2D eigenvalue weighted by atomic mass is 19.1. The second kappa shape index (κ2) is 7.55. The molecular formula is C22H19FN6O. The van der Waals surface area contributed by atoms with E-state index in [4.69, 9.17) is 0 Å². The van der Waals surface area contributed by atoms with E-state index in [-0.39, 0.29) is 11.7 Å². The number of carbonyl (C=O) groups excluding carboxylic acids is 1. The van der Waals surface area contributed by atoms with Crippen LogP contribution in [0.5, 0.6) is 0 Å². The van der Waals surface area contributed by atoms with Gasteiger partial charge in [-0.1, -0.05) is 6.07 Å². The molecule has 1 amide bonds. The van der Waals surface area contributed by atoms with Crippen LogP contribution in [0.25, 0.3) is 11.5 Å². The lowest BCUT2D eigenvalue weighted by Crippen LogP contribution is -2.25. The lowest BCUT2D eigenvalue weighted by molar-refractivity contribution is 0.0944. The highest BCUT2D eigenvalue weighted by Gasteiger charge is 2.27. The van der Waals surface area contributed by atoms with Crippen molar-refractivity contribution in [1.82, 2.24) is 29.9 Å². The normalized spacial score (nSPS) is 12.7. The minimum absolute atomic E-state index is 0.232. The molecule has 1 aromatic carbocycles. The molecule has 5 rings (SSSR count). The molecule has 1 N–H and O–H groups in total. The summed E-state index contributed by atoms with van der Waals surface area (Å²) in [6.45, 7) is 0.306. The number of carbonyl (C=O) groups is 1. The van der Waals surface area contributed by atoms with Gasteiger partial charge in [0.1, 0.15) is 5.82 Å². The van der Waals surface area contributed by atoms with Crippen LogP contribution >= 0.6 is 0 Å². The van der Waals surface area contributed by atoms with Crippen molar-refractivity contribution in [2.45, 2.75) is 25.8 Å². The Balaban J connectivity index is 1.41. The van der Waals surface area contributed by atoms with E-state index in [1.807, 2.05) is 24.4 Å². The maximum atomic E-state index is 13.3. The molecule has 30 heavy (non-hydrogen) atoms. The van der Waals surface area contributed by atoms with Gasteiger partial charge in [-0.3, -0.25) is 4.79 Å². The van der Waals surface area contributed by atoms with Crippen LogP contribution in [-0.2, 0) is 19.4 Å². The smallest absolute Gasteiger partial charge is 0.272 e. The number of hydrogen-bond donors (Lipinski definition) is 1. The number of nitrogens with one attached hydrogen (secondary N) is 1.